The third kappa shape index (κ3) is 4.60. The van der Waals surface area contributed by atoms with Crippen LogP contribution in [0.1, 0.15) is 42.9 Å². The van der Waals surface area contributed by atoms with Crippen molar-refractivity contribution in [3.63, 3.8) is 0 Å². The van der Waals surface area contributed by atoms with E-state index >= 15 is 0 Å². The number of hydrogen-bond donors (Lipinski definition) is 1. The molecule has 3 aromatic heterocycles. The van der Waals surface area contributed by atoms with Gasteiger partial charge in [0, 0.05) is 46.7 Å². The van der Waals surface area contributed by atoms with Crippen molar-refractivity contribution in [2.75, 3.05) is 5.32 Å². The second-order valence-corrected chi connectivity index (χ2v) is 11.4. The van der Waals surface area contributed by atoms with E-state index in [4.69, 9.17) is 0 Å². The number of rotatable bonds is 6. The van der Waals surface area contributed by atoms with Crippen LogP contribution in [0, 0.1) is 12.3 Å². The van der Waals surface area contributed by atoms with Crippen LogP contribution in [0.4, 0.5) is 5.82 Å². The molecule has 39 heavy (non-hydrogen) atoms. The monoisotopic (exact) mass is 587 g/mol. The van der Waals surface area contributed by atoms with Crippen LogP contribution in [0.15, 0.2) is 53.8 Å². The van der Waals surface area contributed by atoms with Crippen molar-refractivity contribution in [2.24, 2.45) is 5.41 Å². The molecule has 3 atom stereocenters. The second-order valence-electron chi connectivity index (χ2n) is 10.6. The zero-order valence-corrected chi connectivity index (χ0v) is 23.3. The van der Waals surface area contributed by atoms with Gasteiger partial charge in [-0.1, -0.05) is 13.0 Å². The van der Waals surface area contributed by atoms with Crippen LogP contribution in [0.3, 0.4) is 0 Å². The lowest BCUT2D eigenvalue weighted by Crippen LogP contribution is -2.46. The number of Topliss-reactive ketones (excluding diaryl/α,β-unsaturated/α-hetero) is 1. The molecule has 6 rings (SSSR count). The van der Waals surface area contributed by atoms with E-state index in [1.165, 1.54) is 19.3 Å². The number of benzene rings is 1. The number of carbonyl (C=O) groups is 3. The molecule has 2 amide bonds. The van der Waals surface area contributed by atoms with Gasteiger partial charge in [0.2, 0.25) is 11.8 Å². The van der Waals surface area contributed by atoms with Gasteiger partial charge in [0.15, 0.2) is 11.6 Å². The molecule has 2 fully saturated rings. The van der Waals surface area contributed by atoms with Gasteiger partial charge in [0.05, 0.1) is 12.4 Å². The molecule has 1 N–H and O–H groups in total. The Balaban J connectivity index is 1.29. The van der Waals surface area contributed by atoms with E-state index in [0.29, 0.717) is 28.2 Å². The highest BCUT2D eigenvalue weighted by Crippen LogP contribution is 2.59. The van der Waals surface area contributed by atoms with E-state index in [1.807, 2.05) is 25.1 Å². The Bertz CT molecular complexity index is 1650. The molecule has 1 aliphatic heterocycles. The van der Waals surface area contributed by atoms with Crippen molar-refractivity contribution in [1.29, 1.82) is 0 Å². The number of carbonyl (C=O) groups excluding carboxylic acids is 3. The number of piperidine rings is 1. The summed E-state index contributed by atoms with van der Waals surface area (Å²) in [4.78, 5) is 58.1. The minimum absolute atomic E-state index is 0.0107. The number of anilines is 1. The zero-order valence-electron chi connectivity index (χ0n) is 21.7. The summed E-state index contributed by atoms with van der Waals surface area (Å²) in [7, 11) is 0. The van der Waals surface area contributed by atoms with Gasteiger partial charge >= 0.3 is 0 Å². The van der Waals surface area contributed by atoms with Crippen molar-refractivity contribution in [1.82, 2.24) is 29.4 Å². The molecule has 2 aliphatic rings. The molecule has 11 heteroatoms. The fraction of sp³-hybridized carbons (Fsp3) is 0.321. The summed E-state index contributed by atoms with van der Waals surface area (Å²) in [6.07, 6.45) is 9.69. The highest BCUT2D eigenvalue weighted by molar-refractivity contribution is 9.10. The Hall–Kier alpha value is -3.99. The standard InChI is InChI=1S/C28H26BrN7O3/c1-15(37)20-13-35(21-5-4-17(6-19(20)21)18-9-31-16(2)32-10-18)14-26(38)36-22(7-28(3)8-23(28)36)27(39)34-25-12-30-11-24(29)33-25/h4-6,9-13,22-23H,7-8,14H2,1-3H3,(H,33,34,39)/t22-,23+,28-/m0/s1. The average molecular weight is 588 g/mol. The molecule has 1 aromatic carbocycles. The highest BCUT2D eigenvalue weighted by atomic mass is 79.9. The molecule has 4 aromatic rings. The van der Waals surface area contributed by atoms with Crippen molar-refractivity contribution < 1.29 is 14.4 Å². The van der Waals surface area contributed by atoms with Gasteiger partial charge in [-0.2, -0.15) is 0 Å². The molecule has 1 saturated carbocycles. The lowest BCUT2D eigenvalue weighted by molar-refractivity contribution is -0.138. The van der Waals surface area contributed by atoms with Crippen molar-refractivity contribution >= 4 is 50.2 Å². The van der Waals surface area contributed by atoms with Crippen LogP contribution < -0.4 is 5.32 Å². The van der Waals surface area contributed by atoms with Gasteiger partial charge in [0.1, 0.15) is 23.0 Å². The Kier molecular flexibility index (Phi) is 6.05. The smallest absolute Gasteiger partial charge is 0.248 e. The lowest BCUT2D eigenvalue weighted by atomic mass is 10.0. The van der Waals surface area contributed by atoms with E-state index in [0.717, 1.165) is 28.5 Å². The predicted octanol–water partition coefficient (Wildman–Crippen LogP) is 4.18. The van der Waals surface area contributed by atoms with E-state index in [1.54, 1.807) is 28.1 Å². The summed E-state index contributed by atoms with van der Waals surface area (Å²) in [5.74, 6) is 0.469. The summed E-state index contributed by atoms with van der Waals surface area (Å²) in [6, 6.07) is 5.18. The third-order valence-electron chi connectivity index (χ3n) is 7.76. The molecule has 10 nitrogen and oxygen atoms in total. The number of likely N-dealkylation sites (tertiary alicyclic amines) is 1. The Morgan fingerprint density at radius 3 is 2.59 bits per heavy atom. The van der Waals surface area contributed by atoms with Crippen molar-refractivity contribution in [2.45, 2.75) is 52.2 Å². The molecule has 1 aliphatic carbocycles. The van der Waals surface area contributed by atoms with Crippen LogP contribution in [-0.4, -0.2) is 59.1 Å². The number of amides is 2. The van der Waals surface area contributed by atoms with Gasteiger partial charge in [0.25, 0.3) is 0 Å². The number of nitrogens with one attached hydrogen (secondary N) is 1. The SMILES string of the molecule is CC(=O)c1cn(CC(=O)N2[C@H](C(=O)Nc3cncc(Br)n3)C[C@@]3(C)C[C@@H]23)c2ccc(-c3cnc(C)nc3)cc12. The van der Waals surface area contributed by atoms with E-state index in [9.17, 15) is 14.4 Å². The highest BCUT2D eigenvalue weighted by Gasteiger charge is 2.64. The maximum atomic E-state index is 13.7. The fourth-order valence-corrected chi connectivity index (χ4v) is 5.94. The normalized spacial score (nSPS) is 21.6. The van der Waals surface area contributed by atoms with Crippen LogP contribution in [0.2, 0.25) is 0 Å². The molecule has 0 unspecified atom stereocenters. The maximum absolute atomic E-state index is 13.7. The van der Waals surface area contributed by atoms with Crippen molar-refractivity contribution in [3.05, 3.63) is 65.2 Å². The van der Waals surface area contributed by atoms with Gasteiger partial charge in [-0.15, -0.1) is 0 Å². The number of ketones is 1. The summed E-state index contributed by atoms with van der Waals surface area (Å²) in [6.45, 7) is 5.47. The number of aromatic nitrogens is 5. The largest absolute Gasteiger partial charge is 0.337 e. The summed E-state index contributed by atoms with van der Waals surface area (Å²) in [5.41, 5.74) is 2.96. The van der Waals surface area contributed by atoms with Crippen LogP contribution in [0.5, 0.6) is 0 Å². The van der Waals surface area contributed by atoms with Gasteiger partial charge in [-0.05, 0) is 65.7 Å². The van der Waals surface area contributed by atoms with Gasteiger partial charge < -0.3 is 14.8 Å². The van der Waals surface area contributed by atoms with Crippen molar-refractivity contribution in [3.8, 4) is 11.1 Å². The predicted molar refractivity (Wildman–Crippen MR) is 148 cm³/mol. The first-order valence-electron chi connectivity index (χ1n) is 12.7. The first kappa shape index (κ1) is 25.3. The molecular formula is C28H26BrN7O3. The summed E-state index contributed by atoms with van der Waals surface area (Å²) < 4.78 is 2.31. The van der Waals surface area contributed by atoms with Crippen LogP contribution in [-0.2, 0) is 16.1 Å². The molecule has 0 bridgehead atoms. The topological polar surface area (TPSA) is 123 Å². The minimum atomic E-state index is -0.607. The zero-order chi connectivity index (χ0) is 27.5. The number of hydrogen-bond acceptors (Lipinski definition) is 7. The maximum Gasteiger partial charge on any atom is 0.248 e. The molecule has 198 valence electrons. The third-order valence-corrected chi connectivity index (χ3v) is 8.14. The molecule has 1 saturated heterocycles. The van der Waals surface area contributed by atoms with E-state index in [-0.39, 0.29) is 35.6 Å². The molecular weight excluding hydrogens is 562 g/mol. The summed E-state index contributed by atoms with van der Waals surface area (Å²) >= 11 is 3.26. The second kappa shape index (κ2) is 9.33. The van der Waals surface area contributed by atoms with E-state index < -0.39 is 6.04 Å². The minimum Gasteiger partial charge on any atom is -0.337 e. The summed E-state index contributed by atoms with van der Waals surface area (Å²) in [5, 5.41) is 3.57. The number of nitrogens with zero attached hydrogens (tertiary/aromatic N) is 6. The average Bonchev–Trinajstić information content (AvgIpc) is 3.26. The Morgan fingerprint density at radius 2 is 1.87 bits per heavy atom. The Morgan fingerprint density at radius 1 is 1.10 bits per heavy atom. The van der Waals surface area contributed by atoms with Gasteiger partial charge in [-0.25, -0.2) is 15.0 Å². The first-order valence-corrected chi connectivity index (χ1v) is 13.4. The lowest BCUT2D eigenvalue weighted by Gasteiger charge is -2.27. The number of aryl methyl sites for hydroxylation is 1. The van der Waals surface area contributed by atoms with Crippen LogP contribution in [0.25, 0.3) is 22.0 Å². The molecule has 4 heterocycles. The Labute approximate surface area is 233 Å². The first-order chi connectivity index (χ1) is 18.6. The number of fused-ring (bicyclic) bond motifs is 2. The fourth-order valence-electron chi connectivity index (χ4n) is 5.63. The quantitative estimate of drug-likeness (QED) is 0.336. The molecule has 0 radical (unpaired) electrons. The molecule has 0 spiro atoms. The number of halogens is 1. The van der Waals surface area contributed by atoms with E-state index in [2.05, 4.69) is 48.1 Å². The van der Waals surface area contributed by atoms with Gasteiger partial charge in [-0.3, -0.25) is 19.4 Å². The van der Waals surface area contributed by atoms with Crippen LogP contribution >= 0.6 is 15.9 Å².